The quantitative estimate of drug-likeness (QED) is 0.713. The molecule has 0 radical (unpaired) electrons. The van der Waals surface area contributed by atoms with Crippen LogP contribution in [0.4, 0.5) is 4.39 Å². The summed E-state index contributed by atoms with van der Waals surface area (Å²) in [6, 6.07) is 8.77. The van der Waals surface area contributed by atoms with E-state index < -0.39 is 0 Å². The number of hydrogen-bond acceptors (Lipinski definition) is 1. The van der Waals surface area contributed by atoms with Crippen LogP contribution >= 0.6 is 27.5 Å². The molecule has 2 atom stereocenters. The van der Waals surface area contributed by atoms with Crippen LogP contribution in [-0.4, -0.2) is 4.98 Å². The normalized spacial score (nSPS) is 14.2. The topological polar surface area (TPSA) is 12.9 Å². The first kappa shape index (κ1) is 13.5. The minimum Gasteiger partial charge on any atom is -0.265 e. The fourth-order valence-corrected chi connectivity index (χ4v) is 2.90. The molecule has 0 aliphatic heterocycles. The molecule has 2 aromatic rings. The Kier molecular flexibility index (Phi) is 4.36. The SMILES string of the molecule is CC(c1ccncc1)C(Br)c1cccc(F)c1Cl. The Morgan fingerprint density at radius 3 is 2.56 bits per heavy atom. The molecule has 94 valence electrons. The van der Waals surface area contributed by atoms with E-state index in [1.807, 2.05) is 18.2 Å². The zero-order valence-electron chi connectivity index (χ0n) is 9.78. The monoisotopic (exact) mass is 327 g/mol. The van der Waals surface area contributed by atoms with E-state index in [1.165, 1.54) is 6.07 Å². The molecular formula is C14H12BrClFN. The first-order valence-corrected chi connectivity index (χ1v) is 6.88. The second-order valence-electron chi connectivity index (χ2n) is 4.11. The summed E-state index contributed by atoms with van der Waals surface area (Å²) in [6.07, 6.45) is 3.50. The van der Waals surface area contributed by atoms with Gasteiger partial charge in [0, 0.05) is 17.2 Å². The molecule has 0 aliphatic carbocycles. The van der Waals surface area contributed by atoms with Crippen molar-refractivity contribution in [1.82, 2.24) is 4.98 Å². The first-order chi connectivity index (χ1) is 8.61. The van der Waals surface area contributed by atoms with Gasteiger partial charge in [-0.15, -0.1) is 0 Å². The van der Waals surface area contributed by atoms with Gasteiger partial charge in [0.1, 0.15) is 5.82 Å². The van der Waals surface area contributed by atoms with Gasteiger partial charge in [-0.2, -0.15) is 0 Å². The zero-order chi connectivity index (χ0) is 13.1. The van der Waals surface area contributed by atoms with Crippen LogP contribution in [0.25, 0.3) is 0 Å². The molecule has 0 saturated carbocycles. The lowest BCUT2D eigenvalue weighted by Crippen LogP contribution is -2.03. The van der Waals surface area contributed by atoms with Crippen LogP contribution in [0.2, 0.25) is 5.02 Å². The van der Waals surface area contributed by atoms with E-state index in [4.69, 9.17) is 11.6 Å². The lowest BCUT2D eigenvalue weighted by molar-refractivity contribution is 0.623. The molecule has 0 aliphatic rings. The number of aromatic nitrogens is 1. The van der Waals surface area contributed by atoms with Gasteiger partial charge in [-0.05, 0) is 35.2 Å². The molecule has 18 heavy (non-hydrogen) atoms. The third kappa shape index (κ3) is 2.73. The predicted molar refractivity (Wildman–Crippen MR) is 75.7 cm³/mol. The third-order valence-corrected chi connectivity index (χ3v) is 4.63. The van der Waals surface area contributed by atoms with E-state index in [0.29, 0.717) is 0 Å². The van der Waals surface area contributed by atoms with Crippen LogP contribution in [0, 0.1) is 5.82 Å². The summed E-state index contributed by atoms with van der Waals surface area (Å²) in [6.45, 7) is 2.07. The fourth-order valence-electron chi connectivity index (χ4n) is 1.84. The van der Waals surface area contributed by atoms with Crippen LogP contribution in [-0.2, 0) is 0 Å². The molecule has 2 unspecified atom stereocenters. The summed E-state index contributed by atoms with van der Waals surface area (Å²) in [5, 5.41) is 0.181. The number of nitrogens with zero attached hydrogens (tertiary/aromatic N) is 1. The lowest BCUT2D eigenvalue weighted by atomic mass is 9.94. The van der Waals surface area contributed by atoms with Crippen LogP contribution in [0.5, 0.6) is 0 Å². The van der Waals surface area contributed by atoms with Crippen molar-refractivity contribution in [3.05, 3.63) is 64.7 Å². The van der Waals surface area contributed by atoms with Gasteiger partial charge in [-0.25, -0.2) is 4.39 Å². The van der Waals surface area contributed by atoms with Gasteiger partial charge in [-0.3, -0.25) is 4.98 Å². The number of halogens is 3. The highest BCUT2D eigenvalue weighted by Gasteiger charge is 2.21. The Morgan fingerprint density at radius 1 is 1.22 bits per heavy atom. The second kappa shape index (κ2) is 5.81. The van der Waals surface area contributed by atoms with E-state index in [9.17, 15) is 4.39 Å². The van der Waals surface area contributed by atoms with Crippen molar-refractivity contribution in [2.24, 2.45) is 0 Å². The molecule has 1 aromatic heterocycles. The van der Waals surface area contributed by atoms with Crippen molar-refractivity contribution >= 4 is 27.5 Å². The van der Waals surface area contributed by atoms with Gasteiger partial charge in [0.15, 0.2) is 0 Å². The number of pyridine rings is 1. The molecule has 4 heteroatoms. The molecule has 0 saturated heterocycles. The van der Waals surface area contributed by atoms with Crippen LogP contribution in [0.1, 0.15) is 28.8 Å². The predicted octanol–water partition coefficient (Wildman–Crippen LogP) is 5.11. The minimum absolute atomic E-state index is 0.0388. The van der Waals surface area contributed by atoms with E-state index >= 15 is 0 Å². The molecule has 1 aromatic carbocycles. The Morgan fingerprint density at radius 2 is 1.89 bits per heavy atom. The van der Waals surface area contributed by atoms with E-state index in [0.717, 1.165) is 11.1 Å². The molecule has 0 N–H and O–H groups in total. The summed E-state index contributed by atoms with van der Waals surface area (Å²) in [5.74, 6) is -0.215. The maximum atomic E-state index is 13.4. The summed E-state index contributed by atoms with van der Waals surface area (Å²) < 4.78 is 13.4. The fraction of sp³-hybridized carbons (Fsp3) is 0.214. The highest BCUT2D eigenvalue weighted by molar-refractivity contribution is 9.09. The summed E-state index contributed by atoms with van der Waals surface area (Å²) in [7, 11) is 0. The standard InChI is InChI=1S/C14H12BrClFN/c1-9(10-5-7-18-8-6-10)13(15)11-3-2-4-12(17)14(11)16/h2-9,13H,1H3. The molecule has 1 heterocycles. The number of benzene rings is 1. The summed E-state index contributed by atoms with van der Waals surface area (Å²) >= 11 is 9.60. The van der Waals surface area contributed by atoms with E-state index in [1.54, 1.807) is 18.5 Å². The van der Waals surface area contributed by atoms with Gasteiger partial charge in [0.05, 0.1) is 5.02 Å². The van der Waals surface area contributed by atoms with Gasteiger partial charge in [0.2, 0.25) is 0 Å². The van der Waals surface area contributed by atoms with E-state index in [2.05, 4.69) is 27.8 Å². The van der Waals surface area contributed by atoms with E-state index in [-0.39, 0.29) is 21.6 Å². The van der Waals surface area contributed by atoms with Crippen molar-refractivity contribution in [2.45, 2.75) is 17.7 Å². The van der Waals surface area contributed by atoms with Crippen molar-refractivity contribution in [2.75, 3.05) is 0 Å². The van der Waals surface area contributed by atoms with Crippen molar-refractivity contribution in [1.29, 1.82) is 0 Å². The largest absolute Gasteiger partial charge is 0.265 e. The Hall–Kier alpha value is -0.930. The van der Waals surface area contributed by atoms with Gasteiger partial charge >= 0.3 is 0 Å². The smallest absolute Gasteiger partial charge is 0.142 e. The second-order valence-corrected chi connectivity index (χ2v) is 5.48. The molecule has 0 bridgehead atoms. The van der Waals surface area contributed by atoms with Gasteiger partial charge < -0.3 is 0 Å². The van der Waals surface area contributed by atoms with Crippen molar-refractivity contribution < 1.29 is 4.39 Å². The Balaban J connectivity index is 2.31. The summed E-state index contributed by atoms with van der Waals surface area (Å²) in [4.78, 5) is 3.95. The zero-order valence-corrected chi connectivity index (χ0v) is 12.1. The maximum Gasteiger partial charge on any atom is 0.142 e. The average molecular weight is 329 g/mol. The first-order valence-electron chi connectivity index (χ1n) is 5.59. The maximum absolute atomic E-state index is 13.4. The molecule has 2 rings (SSSR count). The molecule has 0 amide bonds. The third-order valence-electron chi connectivity index (χ3n) is 2.95. The van der Waals surface area contributed by atoms with Crippen LogP contribution in [0.15, 0.2) is 42.7 Å². The molecule has 0 fully saturated rings. The lowest BCUT2D eigenvalue weighted by Gasteiger charge is -2.20. The molecule has 0 spiro atoms. The number of rotatable bonds is 3. The Bertz CT molecular complexity index is 533. The van der Waals surface area contributed by atoms with Crippen LogP contribution < -0.4 is 0 Å². The highest BCUT2D eigenvalue weighted by atomic mass is 79.9. The molecular weight excluding hydrogens is 317 g/mol. The van der Waals surface area contributed by atoms with Gasteiger partial charge in [-0.1, -0.05) is 46.6 Å². The van der Waals surface area contributed by atoms with Crippen molar-refractivity contribution in [3.63, 3.8) is 0 Å². The number of hydrogen-bond donors (Lipinski definition) is 0. The summed E-state index contributed by atoms with van der Waals surface area (Å²) in [5.41, 5.74) is 1.90. The van der Waals surface area contributed by atoms with Crippen LogP contribution in [0.3, 0.4) is 0 Å². The van der Waals surface area contributed by atoms with Crippen molar-refractivity contribution in [3.8, 4) is 0 Å². The average Bonchev–Trinajstić information content (AvgIpc) is 2.41. The number of alkyl halides is 1. The molecule has 1 nitrogen and oxygen atoms in total. The Labute approximate surface area is 119 Å². The highest BCUT2D eigenvalue weighted by Crippen LogP contribution is 2.40. The van der Waals surface area contributed by atoms with Gasteiger partial charge in [0.25, 0.3) is 0 Å². The minimum atomic E-state index is -0.388.